The molecule has 0 fully saturated rings. The number of benzene rings is 1. The minimum atomic E-state index is -2.97. The van der Waals surface area contributed by atoms with Crippen molar-refractivity contribution in [1.82, 2.24) is 0 Å². The fraction of sp³-hybridized carbons (Fsp3) is 0.364. The number of hydrogen-bond acceptors (Lipinski definition) is 4. The molecule has 0 saturated carbocycles. The van der Waals surface area contributed by atoms with Crippen LogP contribution in [0.2, 0.25) is 0 Å². The summed E-state index contributed by atoms with van der Waals surface area (Å²) in [6.45, 7) is 0.415. The molecular weight excluding hydrogens is 306 g/mol. The van der Waals surface area contributed by atoms with Crippen LogP contribution in [0.15, 0.2) is 22.7 Å². The summed E-state index contributed by atoms with van der Waals surface area (Å²) >= 11 is 3.36. The summed E-state index contributed by atoms with van der Waals surface area (Å²) in [7, 11) is -1.15. The highest BCUT2D eigenvalue weighted by Crippen LogP contribution is 2.26. The second-order valence-corrected chi connectivity index (χ2v) is 6.99. The van der Waals surface area contributed by atoms with E-state index in [-0.39, 0.29) is 5.75 Å². The Hall–Kier alpha value is -0.880. The summed E-state index contributed by atoms with van der Waals surface area (Å²) in [5.74, 6) is 0.103. The van der Waals surface area contributed by atoms with Gasteiger partial charge in [-0.05, 0) is 34.1 Å². The van der Waals surface area contributed by atoms with E-state index in [2.05, 4.69) is 15.9 Å². The van der Waals surface area contributed by atoms with Gasteiger partial charge in [0.25, 0.3) is 0 Å². The molecule has 0 aliphatic heterocycles. The van der Waals surface area contributed by atoms with E-state index >= 15 is 0 Å². The van der Waals surface area contributed by atoms with Crippen molar-refractivity contribution in [2.45, 2.75) is 0 Å². The van der Waals surface area contributed by atoms with Crippen LogP contribution >= 0.6 is 15.9 Å². The summed E-state index contributed by atoms with van der Waals surface area (Å²) in [5, 5.41) is 0. The molecule has 1 aromatic rings. The Morgan fingerprint density at radius 2 is 2.06 bits per heavy atom. The normalized spacial score (nSPS) is 11.2. The standard InChI is InChI=1S/C11H14BrNO3S/c1-13(5-6-17(2,15)16)11-4-3-9(8-14)7-10(11)12/h3-4,7-8H,5-6H2,1-2H3. The Labute approximate surface area is 110 Å². The molecule has 0 aliphatic rings. The number of rotatable bonds is 5. The zero-order valence-corrected chi connectivity index (χ0v) is 12.1. The van der Waals surface area contributed by atoms with E-state index in [1.807, 2.05) is 11.9 Å². The van der Waals surface area contributed by atoms with E-state index in [0.29, 0.717) is 12.1 Å². The van der Waals surface area contributed by atoms with Gasteiger partial charge in [0, 0.05) is 29.9 Å². The Balaban J connectivity index is 2.82. The fourth-order valence-corrected chi connectivity index (χ4v) is 2.63. The van der Waals surface area contributed by atoms with E-state index in [9.17, 15) is 13.2 Å². The average Bonchev–Trinajstić information content (AvgIpc) is 2.24. The molecule has 0 N–H and O–H groups in total. The molecule has 0 aromatic heterocycles. The SMILES string of the molecule is CN(CCS(C)(=O)=O)c1ccc(C=O)cc1Br. The maximum atomic E-state index is 11.1. The topological polar surface area (TPSA) is 54.5 Å². The van der Waals surface area contributed by atoms with Gasteiger partial charge >= 0.3 is 0 Å². The molecule has 0 heterocycles. The van der Waals surface area contributed by atoms with Crippen LogP contribution in [0.4, 0.5) is 5.69 Å². The van der Waals surface area contributed by atoms with Crippen molar-refractivity contribution in [3.8, 4) is 0 Å². The largest absolute Gasteiger partial charge is 0.373 e. The molecule has 0 aliphatic carbocycles. The lowest BCUT2D eigenvalue weighted by Crippen LogP contribution is -2.25. The van der Waals surface area contributed by atoms with Crippen molar-refractivity contribution in [3.63, 3.8) is 0 Å². The Morgan fingerprint density at radius 1 is 1.41 bits per heavy atom. The van der Waals surface area contributed by atoms with Crippen molar-refractivity contribution in [2.24, 2.45) is 0 Å². The van der Waals surface area contributed by atoms with Gasteiger partial charge in [-0.3, -0.25) is 4.79 Å². The predicted molar refractivity (Wildman–Crippen MR) is 72.5 cm³/mol. The predicted octanol–water partition coefficient (Wildman–Crippen LogP) is 1.74. The number of carbonyl (C=O) groups excluding carboxylic acids is 1. The number of sulfone groups is 1. The zero-order valence-electron chi connectivity index (χ0n) is 9.68. The summed E-state index contributed by atoms with van der Waals surface area (Å²) in [6, 6.07) is 5.19. The van der Waals surface area contributed by atoms with E-state index < -0.39 is 9.84 Å². The third kappa shape index (κ3) is 4.47. The number of nitrogens with zero attached hydrogens (tertiary/aromatic N) is 1. The van der Waals surface area contributed by atoms with Crippen LogP contribution in [0.5, 0.6) is 0 Å². The second-order valence-electron chi connectivity index (χ2n) is 3.88. The van der Waals surface area contributed by atoms with Gasteiger partial charge in [0.2, 0.25) is 0 Å². The third-order valence-corrected chi connectivity index (χ3v) is 3.88. The lowest BCUT2D eigenvalue weighted by Gasteiger charge is -2.20. The molecule has 0 atom stereocenters. The van der Waals surface area contributed by atoms with Crippen LogP contribution in [0.3, 0.4) is 0 Å². The number of halogens is 1. The lowest BCUT2D eigenvalue weighted by atomic mass is 10.2. The molecule has 0 bridgehead atoms. The van der Waals surface area contributed by atoms with Gasteiger partial charge in [0.05, 0.1) is 11.4 Å². The molecular formula is C11H14BrNO3S. The Kier molecular flexibility index (Phi) is 4.70. The number of carbonyl (C=O) groups is 1. The first kappa shape index (κ1) is 14.2. The highest BCUT2D eigenvalue weighted by atomic mass is 79.9. The molecule has 0 unspecified atom stereocenters. The minimum absolute atomic E-state index is 0.103. The summed E-state index contributed by atoms with van der Waals surface area (Å²) < 4.78 is 22.9. The Bertz CT molecular complexity index is 513. The summed E-state index contributed by atoms with van der Waals surface area (Å²) in [6.07, 6.45) is 1.98. The van der Waals surface area contributed by atoms with Crippen LogP contribution in [-0.4, -0.2) is 40.3 Å². The van der Waals surface area contributed by atoms with Crippen molar-refractivity contribution < 1.29 is 13.2 Å². The maximum Gasteiger partial charge on any atom is 0.150 e. The van der Waals surface area contributed by atoms with Gasteiger partial charge in [-0.15, -0.1) is 0 Å². The average molecular weight is 320 g/mol. The molecule has 1 rings (SSSR count). The molecule has 4 nitrogen and oxygen atoms in total. The smallest absolute Gasteiger partial charge is 0.150 e. The summed E-state index contributed by atoms with van der Waals surface area (Å²) in [4.78, 5) is 12.4. The van der Waals surface area contributed by atoms with E-state index in [1.54, 1.807) is 18.2 Å². The first-order valence-corrected chi connectivity index (χ1v) is 7.82. The molecule has 6 heteroatoms. The van der Waals surface area contributed by atoms with Crippen molar-refractivity contribution in [1.29, 1.82) is 0 Å². The third-order valence-electron chi connectivity index (χ3n) is 2.32. The molecule has 94 valence electrons. The highest BCUT2D eigenvalue weighted by molar-refractivity contribution is 9.10. The quantitative estimate of drug-likeness (QED) is 0.776. The first-order valence-electron chi connectivity index (χ1n) is 4.97. The van der Waals surface area contributed by atoms with Gasteiger partial charge < -0.3 is 4.90 Å². The first-order chi connectivity index (χ1) is 7.83. The maximum absolute atomic E-state index is 11.1. The molecule has 17 heavy (non-hydrogen) atoms. The van der Waals surface area contributed by atoms with E-state index in [4.69, 9.17) is 0 Å². The molecule has 0 radical (unpaired) electrons. The van der Waals surface area contributed by atoms with Crippen LogP contribution in [0.1, 0.15) is 10.4 Å². The second kappa shape index (κ2) is 5.64. The highest BCUT2D eigenvalue weighted by Gasteiger charge is 2.09. The van der Waals surface area contributed by atoms with Gasteiger partial charge in [-0.1, -0.05) is 0 Å². The molecule has 0 spiro atoms. The minimum Gasteiger partial charge on any atom is -0.373 e. The van der Waals surface area contributed by atoms with Crippen LogP contribution in [0, 0.1) is 0 Å². The number of aldehydes is 1. The van der Waals surface area contributed by atoms with E-state index in [1.165, 1.54) is 6.26 Å². The van der Waals surface area contributed by atoms with Gasteiger partial charge in [0.15, 0.2) is 0 Å². The fourth-order valence-electron chi connectivity index (χ4n) is 1.33. The molecule has 0 amide bonds. The van der Waals surface area contributed by atoms with Gasteiger partial charge in [-0.25, -0.2) is 8.42 Å². The van der Waals surface area contributed by atoms with Crippen molar-refractivity contribution in [2.75, 3.05) is 30.5 Å². The lowest BCUT2D eigenvalue weighted by molar-refractivity contribution is 0.112. The zero-order chi connectivity index (χ0) is 13.1. The Morgan fingerprint density at radius 3 is 2.53 bits per heavy atom. The van der Waals surface area contributed by atoms with Crippen LogP contribution in [-0.2, 0) is 9.84 Å². The van der Waals surface area contributed by atoms with E-state index in [0.717, 1.165) is 16.4 Å². The van der Waals surface area contributed by atoms with Crippen LogP contribution < -0.4 is 4.90 Å². The van der Waals surface area contributed by atoms with Crippen molar-refractivity contribution in [3.05, 3.63) is 28.2 Å². The molecule has 0 saturated heterocycles. The van der Waals surface area contributed by atoms with Crippen molar-refractivity contribution >= 4 is 37.7 Å². The monoisotopic (exact) mass is 319 g/mol. The molecule has 1 aromatic carbocycles. The van der Waals surface area contributed by atoms with Crippen LogP contribution in [0.25, 0.3) is 0 Å². The number of anilines is 1. The number of hydrogen-bond donors (Lipinski definition) is 0. The summed E-state index contributed by atoms with van der Waals surface area (Å²) in [5.41, 5.74) is 1.44. The van der Waals surface area contributed by atoms with Gasteiger partial charge in [0.1, 0.15) is 16.1 Å². The van der Waals surface area contributed by atoms with Gasteiger partial charge in [-0.2, -0.15) is 0 Å².